The highest BCUT2D eigenvalue weighted by molar-refractivity contribution is 5.90. The van der Waals surface area contributed by atoms with Gasteiger partial charge in [0.05, 0.1) is 5.69 Å². The molecule has 0 saturated heterocycles. The summed E-state index contributed by atoms with van der Waals surface area (Å²) in [7, 11) is 0. The van der Waals surface area contributed by atoms with Crippen molar-refractivity contribution in [3.8, 4) is 11.5 Å². The van der Waals surface area contributed by atoms with Crippen molar-refractivity contribution < 1.29 is 9.53 Å². The van der Waals surface area contributed by atoms with Crippen molar-refractivity contribution in [2.24, 2.45) is 0 Å². The minimum atomic E-state index is -0.137. The summed E-state index contributed by atoms with van der Waals surface area (Å²) in [6, 6.07) is 12.7. The quantitative estimate of drug-likeness (QED) is 0.782. The predicted octanol–water partition coefficient (Wildman–Crippen LogP) is 3.33. The zero-order chi connectivity index (χ0) is 16.9. The van der Waals surface area contributed by atoms with Crippen LogP contribution in [-0.4, -0.2) is 20.7 Å². The summed E-state index contributed by atoms with van der Waals surface area (Å²) in [6.45, 7) is 4.01. The van der Waals surface area contributed by atoms with Crippen LogP contribution in [-0.2, 0) is 11.3 Å². The second-order valence-corrected chi connectivity index (χ2v) is 5.45. The van der Waals surface area contributed by atoms with Crippen molar-refractivity contribution in [1.82, 2.24) is 14.8 Å². The average Bonchev–Trinajstić information content (AvgIpc) is 2.86. The van der Waals surface area contributed by atoms with E-state index >= 15 is 0 Å². The molecule has 0 aliphatic carbocycles. The molecule has 0 spiro atoms. The highest BCUT2D eigenvalue weighted by atomic mass is 16.5. The fourth-order valence-corrected chi connectivity index (χ4v) is 2.35. The fraction of sp³-hybridized carbons (Fsp3) is 0.167. The number of ether oxygens (including phenoxy) is 1. The summed E-state index contributed by atoms with van der Waals surface area (Å²) in [5.74, 6) is 1.20. The lowest BCUT2D eigenvalue weighted by Crippen LogP contribution is -2.20. The van der Waals surface area contributed by atoms with E-state index in [1.54, 1.807) is 35.3 Å². The number of aromatic nitrogens is 3. The van der Waals surface area contributed by atoms with Crippen LogP contribution in [0, 0.1) is 13.8 Å². The minimum absolute atomic E-state index is 0.137. The molecule has 0 aliphatic heterocycles. The smallest absolute Gasteiger partial charge is 0.246 e. The van der Waals surface area contributed by atoms with Crippen molar-refractivity contribution in [1.29, 1.82) is 0 Å². The average molecular weight is 322 g/mol. The first-order chi connectivity index (χ1) is 11.6. The molecule has 1 amide bonds. The molecule has 0 saturated carbocycles. The number of carbonyl (C=O) groups excluding carboxylic acids is 1. The lowest BCUT2D eigenvalue weighted by Gasteiger charge is -2.09. The van der Waals surface area contributed by atoms with Gasteiger partial charge in [0.1, 0.15) is 18.0 Å². The van der Waals surface area contributed by atoms with Gasteiger partial charge in [0.25, 0.3) is 0 Å². The maximum atomic E-state index is 12.2. The van der Waals surface area contributed by atoms with E-state index in [0.29, 0.717) is 17.2 Å². The van der Waals surface area contributed by atoms with E-state index in [2.05, 4.69) is 15.4 Å². The number of nitrogens with zero attached hydrogens (tertiary/aromatic N) is 3. The van der Waals surface area contributed by atoms with Gasteiger partial charge in [0.15, 0.2) is 0 Å². The first-order valence-corrected chi connectivity index (χ1v) is 7.59. The SMILES string of the molecule is Cc1cc(C)n(CC(=O)Nc2cccc(Oc3ccncc3)c2)n1. The van der Waals surface area contributed by atoms with E-state index in [0.717, 1.165) is 11.4 Å². The Morgan fingerprint density at radius 2 is 1.92 bits per heavy atom. The van der Waals surface area contributed by atoms with Crippen LogP contribution in [0.1, 0.15) is 11.4 Å². The maximum absolute atomic E-state index is 12.2. The van der Waals surface area contributed by atoms with Crippen LogP contribution in [0.25, 0.3) is 0 Å². The van der Waals surface area contributed by atoms with E-state index in [1.807, 2.05) is 38.1 Å². The first-order valence-electron chi connectivity index (χ1n) is 7.59. The lowest BCUT2D eigenvalue weighted by molar-refractivity contribution is -0.116. The largest absolute Gasteiger partial charge is 0.457 e. The van der Waals surface area contributed by atoms with Crippen molar-refractivity contribution in [3.05, 3.63) is 66.2 Å². The van der Waals surface area contributed by atoms with Gasteiger partial charge in [-0.1, -0.05) is 6.07 Å². The fourth-order valence-electron chi connectivity index (χ4n) is 2.35. The minimum Gasteiger partial charge on any atom is -0.457 e. The van der Waals surface area contributed by atoms with Crippen LogP contribution in [0.5, 0.6) is 11.5 Å². The molecule has 24 heavy (non-hydrogen) atoms. The van der Waals surface area contributed by atoms with Crippen molar-refractivity contribution in [2.75, 3.05) is 5.32 Å². The molecule has 0 radical (unpaired) electrons. The third-order valence-electron chi connectivity index (χ3n) is 3.40. The second kappa shape index (κ2) is 6.95. The standard InChI is InChI=1S/C18H18N4O2/c1-13-10-14(2)22(21-13)12-18(23)20-15-4-3-5-17(11-15)24-16-6-8-19-9-7-16/h3-11H,12H2,1-2H3,(H,20,23). The highest BCUT2D eigenvalue weighted by Gasteiger charge is 2.08. The van der Waals surface area contributed by atoms with Crippen LogP contribution in [0.2, 0.25) is 0 Å². The zero-order valence-electron chi connectivity index (χ0n) is 13.6. The topological polar surface area (TPSA) is 69.0 Å². The number of benzene rings is 1. The molecule has 2 heterocycles. The summed E-state index contributed by atoms with van der Waals surface area (Å²) in [6.07, 6.45) is 3.32. The number of pyridine rings is 1. The molecule has 0 aliphatic rings. The zero-order valence-corrected chi connectivity index (χ0v) is 13.6. The summed E-state index contributed by atoms with van der Waals surface area (Å²) >= 11 is 0. The third kappa shape index (κ3) is 3.98. The van der Waals surface area contributed by atoms with E-state index in [-0.39, 0.29) is 12.5 Å². The molecule has 122 valence electrons. The van der Waals surface area contributed by atoms with Gasteiger partial charge < -0.3 is 10.1 Å². The number of carbonyl (C=O) groups is 1. The molecule has 0 bridgehead atoms. The van der Waals surface area contributed by atoms with E-state index in [1.165, 1.54) is 0 Å². The molecule has 1 aromatic carbocycles. The molecular weight excluding hydrogens is 304 g/mol. The van der Waals surface area contributed by atoms with Gasteiger partial charge in [-0.05, 0) is 44.2 Å². The third-order valence-corrected chi connectivity index (χ3v) is 3.40. The molecule has 0 fully saturated rings. The van der Waals surface area contributed by atoms with Crippen molar-refractivity contribution in [3.63, 3.8) is 0 Å². The van der Waals surface area contributed by atoms with Crippen LogP contribution in [0.15, 0.2) is 54.9 Å². The highest BCUT2D eigenvalue weighted by Crippen LogP contribution is 2.23. The number of nitrogens with one attached hydrogen (secondary N) is 1. The molecule has 3 rings (SSSR count). The van der Waals surface area contributed by atoms with E-state index in [9.17, 15) is 4.79 Å². The Morgan fingerprint density at radius 1 is 1.12 bits per heavy atom. The molecule has 2 aromatic heterocycles. The van der Waals surface area contributed by atoms with Gasteiger partial charge >= 0.3 is 0 Å². The lowest BCUT2D eigenvalue weighted by atomic mass is 10.3. The molecule has 0 atom stereocenters. The molecule has 6 nitrogen and oxygen atoms in total. The number of amides is 1. The molecule has 1 N–H and O–H groups in total. The molecule has 3 aromatic rings. The summed E-state index contributed by atoms with van der Waals surface area (Å²) < 4.78 is 7.41. The number of rotatable bonds is 5. The van der Waals surface area contributed by atoms with Gasteiger partial charge in [-0.3, -0.25) is 14.5 Å². The normalized spacial score (nSPS) is 10.4. The van der Waals surface area contributed by atoms with Crippen molar-refractivity contribution in [2.45, 2.75) is 20.4 Å². The van der Waals surface area contributed by atoms with Crippen LogP contribution >= 0.6 is 0 Å². The summed E-state index contributed by atoms with van der Waals surface area (Å²) in [5.41, 5.74) is 2.53. The molecule has 0 unspecified atom stereocenters. The summed E-state index contributed by atoms with van der Waals surface area (Å²) in [4.78, 5) is 16.1. The van der Waals surface area contributed by atoms with Crippen LogP contribution < -0.4 is 10.1 Å². The molecule has 6 heteroatoms. The summed E-state index contributed by atoms with van der Waals surface area (Å²) in [5, 5.41) is 7.15. The Kier molecular flexibility index (Phi) is 4.56. The van der Waals surface area contributed by atoms with Gasteiger partial charge in [-0.15, -0.1) is 0 Å². The predicted molar refractivity (Wildman–Crippen MR) is 91.1 cm³/mol. The molecular formula is C18H18N4O2. The van der Waals surface area contributed by atoms with Gasteiger partial charge in [0, 0.05) is 29.8 Å². The second-order valence-electron chi connectivity index (χ2n) is 5.45. The Bertz CT molecular complexity index is 843. The number of anilines is 1. The first kappa shape index (κ1) is 15.7. The Balaban J connectivity index is 1.66. The van der Waals surface area contributed by atoms with Gasteiger partial charge in [-0.25, -0.2) is 0 Å². The van der Waals surface area contributed by atoms with Crippen LogP contribution in [0.3, 0.4) is 0 Å². The Morgan fingerprint density at radius 3 is 2.62 bits per heavy atom. The Hall–Kier alpha value is -3.15. The Labute approximate surface area is 140 Å². The maximum Gasteiger partial charge on any atom is 0.246 e. The number of aryl methyl sites for hydroxylation is 2. The van der Waals surface area contributed by atoms with E-state index in [4.69, 9.17) is 4.74 Å². The van der Waals surface area contributed by atoms with Gasteiger partial charge in [-0.2, -0.15) is 5.10 Å². The van der Waals surface area contributed by atoms with Gasteiger partial charge in [0.2, 0.25) is 5.91 Å². The number of hydrogen-bond donors (Lipinski definition) is 1. The van der Waals surface area contributed by atoms with Crippen LogP contribution in [0.4, 0.5) is 5.69 Å². The van der Waals surface area contributed by atoms with E-state index < -0.39 is 0 Å². The monoisotopic (exact) mass is 322 g/mol. The number of hydrogen-bond acceptors (Lipinski definition) is 4. The van der Waals surface area contributed by atoms with Crippen molar-refractivity contribution >= 4 is 11.6 Å².